The molecule has 2 atom stereocenters. The summed E-state index contributed by atoms with van der Waals surface area (Å²) < 4.78 is 15.4. The first-order valence-electron chi connectivity index (χ1n) is 19.5. The van der Waals surface area contributed by atoms with Crippen LogP contribution in [0.25, 0.3) is 82.5 Å². The molecule has 0 bridgehead atoms. The summed E-state index contributed by atoms with van der Waals surface area (Å²) in [7, 11) is 0. The summed E-state index contributed by atoms with van der Waals surface area (Å²) in [6, 6.07) is 64.4. The average molecular weight is 737 g/mol. The lowest BCUT2D eigenvalue weighted by Gasteiger charge is -2.39. The van der Waals surface area contributed by atoms with Crippen LogP contribution in [0.5, 0.6) is 0 Å². The minimum absolute atomic E-state index is 0.0391. The van der Waals surface area contributed by atoms with E-state index in [-0.39, 0.29) is 18.5 Å². The molecule has 2 unspecified atom stereocenters. The Bertz CT molecular complexity index is 3210. The number of aromatic nitrogens is 1. The smallest absolute Gasteiger partial charge is 0.136 e. The molecule has 0 spiro atoms. The highest BCUT2D eigenvalue weighted by molar-refractivity contribution is 6.11. The fourth-order valence-electron chi connectivity index (χ4n) is 8.95. The first kappa shape index (κ1) is 32.3. The normalized spacial score (nSPS) is 17.4. The Morgan fingerprint density at radius 1 is 0.333 bits per heavy atom. The highest BCUT2D eigenvalue weighted by Gasteiger charge is 2.30. The maximum absolute atomic E-state index is 6.51. The van der Waals surface area contributed by atoms with Gasteiger partial charge in [0.15, 0.2) is 0 Å². The van der Waals surface area contributed by atoms with Crippen molar-refractivity contribution < 1.29 is 8.83 Å². The van der Waals surface area contributed by atoms with Gasteiger partial charge in [-0.25, -0.2) is 0 Å². The summed E-state index contributed by atoms with van der Waals surface area (Å²) in [5.41, 5.74) is 12.7. The van der Waals surface area contributed by atoms with E-state index in [0.29, 0.717) is 0 Å². The largest absolute Gasteiger partial charge is 0.456 e. The van der Waals surface area contributed by atoms with Crippen LogP contribution in [-0.2, 0) is 0 Å². The van der Waals surface area contributed by atoms with Crippen LogP contribution in [0.4, 0.5) is 0 Å². The van der Waals surface area contributed by atoms with E-state index in [2.05, 4.69) is 203 Å². The zero-order valence-corrected chi connectivity index (χ0v) is 30.8. The average Bonchev–Trinajstić information content (AvgIpc) is 3.95. The van der Waals surface area contributed by atoms with Gasteiger partial charge in [-0.2, -0.15) is 0 Å². The lowest BCUT2D eigenvalue weighted by Crippen LogP contribution is -2.54. The van der Waals surface area contributed by atoms with Crippen LogP contribution in [0.1, 0.15) is 35.2 Å². The highest BCUT2D eigenvalue weighted by Crippen LogP contribution is 2.39. The summed E-state index contributed by atoms with van der Waals surface area (Å²) >= 11 is 0. The van der Waals surface area contributed by atoms with Crippen molar-refractivity contribution in [3.05, 3.63) is 199 Å². The third-order valence-corrected chi connectivity index (χ3v) is 11.7. The van der Waals surface area contributed by atoms with E-state index in [1.54, 1.807) is 0 Å². The van der Waals surface area contributed by atoms with Gasteiger partial charge in [0.05, 0.1) is 29.5 Å². The maximum atomic E-state index is 6.51. The molecule has 3 N–H and O–H groups in total. The second kappa shape index (κ2) is 12.8. The number of rotatable bonds is 5. The van der Waals surface area contributed by atoms with E-state index < -0.39 is 0 Å². The van der Waals surface area contributed by atoms with Gasteiger partial charge in [-0.15, -0.1) is 0 Å². The lowest BCUT2D eigenvalue weighted by molar-refractivity contribution is 0.203. The quantitative estimate of drug-likeness (QED) is 0.164. The zero-order chi connectivity index (χ0) is 37.5. The monoisotopic (exact) mass is 736 g/mol. The van der Waals surface area contributed by atoms with Gasteiger partial charge in [0.1, 0.15) is 22.3 Å². The third kappa shape index (κ3) is 5.30. The van der Waals surface area contributed by atoms with Gasteiger partial charge >= 0.3 is 0 Å². The van der Waals surface area contributed by atoms with E-state index in [9.17, 15) is 0 Å². The molecule has 4 heterocycles. The van der Waals surface area contributed by atoms with Crippen molar-refractivity contribution in [3.8, 4) is 16.8 Å². The topological polar surface area (TPSA) is 67.3 Å². The van der Waals surface area contributed by atoms with Gasteiger partial charge in [0.2, 0.25) is 0 Å². The van der Waals surface area contributed by atoms with Gasteiger partial charge in [-0.3, -0.25) is 16.0 Å². The van der Waals surface area contributed by atoms with Crippen LogP contribution in [0.15, 0.2) is 191 Å². The van der Waals surface area contributed by atoms with Gasteiger partial charge in [-0.1, -0.05) is 121 Å². The summed E-state index contributed by atoms with van der Waals surface area (Å²) in [6.45, 7) is 0. The molecule has 0 aliphatic carbocycles. The molecular weight excluding hydrogens is 701 g/mol. The van der Waals surface area contributed by atoms with Crippen LogP contribution in [0.3, 0.4) is 0 Å². The number of furan rings is 2. The van der Waals surface area contributed by atoms with Gasteiger partial charge in [-0.05, 0) is 88.5 Å². The Hall–Kier alpha value is -6.96. The molecule has 12 rings (SSSR count). The lowest BCUT2D eigenvalue weighted by atomic mass is 10.0. The molecule has 6 heteroatoms. The molecule has 8 aromatic carbocycles. The molecule has 6 nitrogen and oxygen atoms in total. The van der Waals surface area contributed by atoms with Gasteiger partial charge in [0, 0.05) is 38.0 Å². The van der Waals surface area contributed by atoms with Crippen molar-refractivity contribution in [1.82, 2.24) is 20.5 Å². The molecular formula is C51H36N4O2. The molecule has 0 saturated carbocycles. The zero-order valence-electron chi connectivity index (χ0n) is 30.8. The van der Waals surface area contributed by atoms with Gasteiger partial charge < -0.3 is 13.4 Å². The fourth-order valence-corrected chi connectivity index (χ4v) is 8.95. The molecule has 0 radical (unpaired) electrons. The number of para-hydroxylation sites is 2. The van der Waals surface area contributed by atoms with Crippen molar-refractivity contribution in [2.75, 3.05) is 0 Å². The Balaban J connectivity index is 0.887. The van der Waals surface area contributed by atoms with Crippen molar-refractivity contribution in [2.24, 2.45) is 0 Å². The number of benzene rings is 8. The first-order valence-corrected chi connectivity index (χ1v) is 19.5. The SMILES string of the molecule is c1ccc(C2NC(c3ccccc3)NC(c3ccc4c(c3)oc3ccc(-c5ccc6c(c5)oc5ccc(-n7c8ccccc8c8ccccc87)cc56)cc34)N2)cc1. The number of hydrogen-bond donors (Lipinski definition) is 3. The van der Waals surface area contributed by atoms with Crippen LogP contribution >= 0.6 is 0 Å². The molecule has 1 aliphatic heterocycles. The number of nitrogens with one attached hydrogen (secondary N) is 3. The summed E-state index contributed by atoms with van der Waals surface area (Å²) in [5.74, 6) is 0. The maximum Gasteiger partial charge on any atom is 0.136 e. The first-order chi connectivity index (χ1) is 28.2. The standard InChI is InChI=1S/C51H36N4O2/c1-3-11-31(12-4-1)49-52-50(32-13-5-2-6-14-32)54-51(53-49)35-20-24-39-41-27-33(21-25-45(41)56-48(39)29-35)34-19-23-40-42-30-36(22-26-46(42)57-47(40)28-34)55-43-17-9-7-15-37(43)38-16-8-10-18-44(38)55/h1-30,49-54H. The van der Waals surface area contributed by atoms with Crippen LogP contribution in [0.2, 0.25) is 0 Å². The predicted octanol–water partition coefficient (Wildman–Crippen LogP) is 12.4. The molecule has 0 amide bonds. The molecule has 11 aromatic rings. The Morgan fingerprint density at radius 3 is 1.47 bits per heavy atom. The number of hydrogen-bond acceptors (Lipinski definition) is 5. The summed E-state index contributed by atoms with van der Waals surface area (Å²) in [4.78, 5) is 0. The van der Waals surface area contributed by atoms with E-state index in [1.165, 1.54) is 32.9 Å². The second-order valence-electron chi connectivity index (χ2n) is 15.1. The van der Waals surface area contributed by atoms with E-state index in [0.717, 1.165) is 66.3 Å². The Labute approximate surface area is 327 Å². The summed E-state index contributed by atoms with van der Waals surface area (Å²) in [6.07, 6.45) is -0.186. The minimum Gasteiger partial charge on any atom is -0.456 e. The summed E-state index contributed by atoms with van der Waals surface area (Å²) in [5, 5.41) is 18.2. The van der Waals surface area contributed by atoms with Crippen molar-refractivity contribution >= 4 is 65.7 Å². The molecule has 272 valence electrons. The van der Waals surface area contributed by atoms with Crippen LogP contribution in [-0.4, -0.2) is 4.57 Å². The minimum atomic E-state index is -0.108. The Morgan fingerprint density at radius 2 is 0.825 bits per heavy atom. The number of nitrogens with zero attached hydrogens (tertiary/aromatic N) is 1. The van der Waals surface area contributed by atoms with Crippen molar-refractivity contribution in [3.63, 3.8) is 0 Å². The highest BCUT2D eigenvalue weighted by atomic mass is 16.3. The second-order valence-corrected chi connectivity index (χ2v) is 15.1. The van der Waals surface area contributed by atoms with E-state index in [1.807, 2.05) is 0 Å². The molecule has 3 aromatic heterocycles. The molecule has 1 fully saturated rings. The predicted molar refractivity (Wildman–Crippen MR) is 231 cm³/mol. The molecule has 1 aliphatic rings. The molecule has 1 saturated heterocycles. The third-order valence-electron chi connectivity index (χ3n) is 11.7. The molecule has 57 heavy (non-hydrogen) atoms. The number of fused-ring (bicyclic) bond motifs is 9. The van der Waals surface area contributed by atoms with Crippen LogP contribution < -0.4 is 16.0 Å². The fraction of sp³-hybridized carbons (Fsp3) is 0.0588. The van der Waals surface area contributed by atoms with E-state index >= 15 is 0 Å². The van der Waals surface area contributed by atoms with Crippen LogP contribution in [0, 0.1) is 0 Å². The van der Waals surface area contributed by atoms with Gasteiger partial charge in [0.25, 0.3) is 0 Å². The van der Waals surface area contributed by atoms with Crippen molar-refractivity contribution in [1.29, 1.82) is 0 Å². The Kier molecular flexibility index (Phi) is 7.25. The van der Waals surface area contributed by atoms with Crippen molar-refractivity contribution in [2.45, 2.75) is 18.5 Å². The van der Waals surface area contributed by atoms with E-state index in [4.69, 9.17) is 8.83 Å².